The van der Waals surface area contributed by atoms with Gasteiger partial charge in [0.25, 0.3) is 0 Å². The summed E-state index contributed by atoms with van der Waals surface area (Å²) in [6, 6.07) is 0.645. The Hall–Kier alpha value is -0.770. The van der Waals surface area contributed by atoms with Crippen molar-refractivity contribution in [3.8, 4) is 0 Å². The first-order chi connectivity index (χ1) is 10.3. The highest BCUT2D eigenvalue weighted by molar-refractivity contribution is 5.74. The number of carbonyl (C=O) groups is 1. The number of nitrogens with one attached hydrogen (secondary N) is 3. The predicted molar refractivity (Wildman–Crippen MR) is 92.1 cm³/mol. The second-order valence-electron chi connectivity index (χ2n) is 8.66. The molecule has 1 aliphatic heterocycles. The quantitative estimate of drug-likeness (QED) is 0.728. The second kappa shape index (κ2) is 7.20. The largest absolute Gasteiger partial charge is 0.335 e. The average Bonchev–Trinajstić information content (AvgIpc) is 2.27. The van der Waals surface area contributed by atoms with Crippen LogP contribution < -0.4 is 16.0 Å². The summed E-state index contributed by atoms with van der Waals surface area (Å²) in [5.74, 6) is 0. The van der Waals surface area contributed by atoms with Crippen LogP contribution in [0.25, 0.3) is 0 Å². The van der Waals surface area contributed by atoms with Gasteiger partial charge in [-0.3, -0.25) is 0 Å². The van der Waals surface area contributed by atoms with Crippen molar-refractivity contribution >= 4 is 6.03 Å². The fraction of sp³-hybridized carbons (Fsp3) is 0.944. The van der Waals surface area contributed by atoms with Gasteiger partial charge in [-0.15, -0.1) is 0 Å². The molecule has 1 saturated heterocycles. The van der Waals surface area contributed by atoms with Gasteiger partial charge in [0.2, 0.25) is 0 Å². The van der Waals surface area contributed by atoms with E-state index in [1.54, 1.807) is 0 Å². The number of hydrogen-bond donors (Lipinski definition) is 3. The van der Waals surface area contributed by atoms with Gasteiger partial charge in [0.05, 0.1) is 0 Å². The van der Waals surface area contributed by atoms with Crippen molar-refractivity contribution in [2.45, 2.75) is 109 Å². The van der Waals surface area contributed by atoms with Crippen LogP contribution in [0.4, 0.5) is 4.79 Å². The van der Waals surface area contributed by atoms with E-state index in [4.69, 9.17) is 0 Å². The van der Waals surface area contributed by atoms with Crippen molar-refractivity contribution in [1.82, 2.24) is 16.0 Å². The molecule has 0 aromatic carbocycles. The Kier molecular flexibility index (Phi) is 5.76. The third kappa shape index (κ3) is 5.79. The van der Waals surface area contributed by atoms with Crippen molar-refractivity contribution in [2.24, 2.45) is 0 Å². The van der Waals surface area contributed by atoms with Gasteiger partial charge in [-0.2, -0.15) is 0 Å². The lowest BCUT2D eigenvalue weighted by Crippen LogP contribution is -2.63. The molecule has 0 unspecified atom stereocenters. The molecule has 128 valence electrons. The van der Waals surface area contributed by atoms with Gasteiger partial charge in [-0.1, -0.05) is 32.1 Å². The maximum atomic E-state index is 12.4. The van der Waals surface area contributed by atoms with E-state index >= 15 is 0 Å². The number of hydrogen-bond acceptors (Lipinski definition) is 2. The highest BCUT2D eigenvalue weighted by Gasteiger charge is 2.38. The lowest BCUT2D eigenvalue weighted by molar-refractivity contribution is 0.147. The van der Waals surface area contributed by atoms with E-state index in [9.17, 15) is 4.79 Å². The van der Waals surface area contributed by atoms with E-state index in [0.717, 1.165) is 25.7 Å². The maximum Gasteiger partial charge on any atom is 0.315 e. The lowest BCUT2D eigenvalue weighted by Gasteiger charge is -2.46. The topological polar surface area (TPSA) is 53.2 Å². The smallest absolute Gasteiger partial charge is 0.315 e. The Morgan fingerprint density at radius 3 is 1.82 bits per heavy atom. The molecule has 2 fully saturated rings. The minimum Gasteiger partial charge on any atom is -0.335 e. The molecule has 0 aromatic heterocycles. The van der Waals surface area contributed by atoms with Gasteiger partial charge in [0.15, 0.2) is 0 Å². The summed E-state index contributed by atoms with van der Waals surface area (Å²) >= 11 is 0. The van der Waals surface area contributed by atoms with Crippen LogP contribution in [0.2, 0.25) is 0 Å². The first kappa shape index (κ1) is 17.6. The molecule has 2 amide bonds. The molecule has 1 saturated carbocycles. The summed E-state index contributed by atoms with van der Waals surface area (Å²) in [6.07, 6.45) is 10.7. The highest BCUT2D eigenvalue weighted by atomic mass is 16.2. The maximum absolute atomic E-state index is 12.4. The molecule has 2 rings (SSSR count). The van der Waals surface area contributed by atoms with Crippen LogP contribution in [0.5, 0.6) is 0 Å². The SMILES string of the molecule is CC1(C)CC(NC(=O)NC2CCCCCCC2)CC(C)(C)N1. The van der Waals surface area contributed by atoms with Gasteiger partial charge >= 0.3 is 6.03 Å². The van der Waals surface area contributed by atoms with Crippen molar-refractivity contribution < 1.29 is 4.79 Å². The molecule has 0 atom stereocenters. The molecular weight excluding hydrogens is 274 g/mol. The van der Waals surface area contributed by atoms with E-state index in [1.165, 1.54) is 32.1 Å². The van der Waals surface area contributed by atoms with Gasteiger partial charge < -0.3 is 16.0 Å². The third-order valence-electron chi connectivity index (χ3n) is 4.97. The minimum atomic E-state index is 0.0315. The Labute approximate surface area is 136 Å². The number of rotatable bonds is 2. The van der Waals surface area contributed by atoms with Gasteiger partial charge in [-0.05, 0) is 53.4 Å². The first-order valence-electron chi connectivity index (χ1n) is 9.12. The summed E-state index contributed by atoms with van der Waals surface area (Å²) in [7, 11) is 0. The molecule has 22 heavy (non-hydrogen) atoms. The van der Waals surface area contributed by atoms with Crippen LogP contribution in [0.3, 0.4) is 0 Å². The zero-order valence-corrected chi connectivity index (χ0v) is 14.9. The number of piperidine rings is 1. The van der Waals surface area contributed by atoms with Gasteiger partial charge in [0.1, 0.15) is 0 Å². The molecule has 1 heterocycles. The number of carbonyl (C=O) groups excluding carboxylic acids is 1. The first-order valence-corrected chi connectivity index (χ1v) is 9.12. The molecular formula is C18H35N3O. The average molecular weight is 309 g/mol. The monoisotopic (exact) mass is 309 g/mol. The fourth-order valence-corrected chi connectivity index (χ4v) is 4.44. The van der Waals surface area contributed by atoms with E-state index < -0.39 is 0 Å². The van der Waals surface area contributed by atoms with Gasteiger partial charge in [-0.25, -0.2) is 4.79 Å². The van der Waals surface area contributed by atoms with Crippen LogP contribution in [0, 0.1) is 0 Å². The van der Waals surface area contributed by atoms with Crippen molar-refractivity contribution in [3.63, 3.8) is 0 Å². The summed E-state index contributed by atoms with van der Waals surface area (Å²) in [4.78, 5) is 12.4. The zero-order valence-electron chi connectivity index (χ0n) is 14.9. The van der Waals surface area contributed by atoms with Crippen LogP contribution in [0.1, 0.15) is 85.5 Å². The molecule has 0 spiro atoms. The van der Waals surface area contributed by atoms with E-state index in [2.05, 4.69) is 43.6 Å². The lowest BCUT2D eigenvalue weighted by atomic mass is 9.80. The summed E-state index contributed by atoms with van der Waals surface area (Å²) < 4.78 is 0. The molecule has 4 heteroatoms. The molecule has 0 radical (unpaired) electrons. The molecule has 1 aliphatic carbocycles. The normalized spacial score (nSPS) is 26.7. The van der Waals surface area contributed by atoms with Crippen LogP contribution in [-0.2, 0) is 0 Å². The molecule has 3 N–H and O–H groups in total. The van der Waals surface area contributed by atoms with Crippen molar-refractivity contribution in [3.05, 3.63) is 0 Å². The standard InChI is InChI=1S/C18H35N3O/c1-17(2)12-15(13-18(3,4)21-17)20-16(22)19-14-10-8-6-5-7-9-11-14/h14-15,21H,5-13H2,1-4H3,(H2,19,20,22). The summed E-state index contributed by atoms with van der Waals surface area (Å²) in [5.41, 5.74) is 0.139. The van der Waals surface area contributed by atoms with Crippen LogP contribution in [-0.4, -0.2) is 29.2 Å². The van der Waals surface area contributed by atoms with Crippen molar-refractivity contribution in [2.75, 3.05) is 0 Å². The number of urea groups is 1. The van der Waals surface area contributed by atoms with Crippen molar-refractivity contribution in [1.29, 1.82) is 0 Å². The summed E-state index contributed by atoms with van der Waals surface area (Å²) in [6.45, 7) is 8.87. The van der Waals surface area contributed by atoms with E-state index in [1.807, 2.05) is 0 Å². The van der Waals surface area contributed by atoms with E-state index in [0.29, 0.717) is 6.04 Å². The van der Waals surface area contributed by atoms with Crippen LogP contribution in [0.15, 0.2) is 0 Å². The Morgan fingerprint density at radius 2 is 1.27 bits per heavy atom. The second-order valence-corrected chi connectivity index (χ2v) is 8.66. The third-order valence-corrected chi connectivity index (χ3v) is 4.97. The Morgan fingerprint density at radius 1 is 0.818 bits per heavy atom. The highest BCUT2D eigenvalue weighted by Crippen LogP contribution is 2.28. The molecule has 0 aromatic rings. The summed E-state index contributed by atoms with van der Waals surface area (Å²) in [5, 5.41) is 10.1. The number of amides is 2. The zero-order chi connectivity index (χ0) is 16.2. The predicted octanol–water partition coefficient (Wildman–Crippen LogP) is 3.71. The van der Waals surface area contributed by atoms with E-state index in [-0.39, 0.29) is 23.2 Å². The van der Waals surface area contributed by atoms with Crippen LogP contribution >= 0.6 is 0 Å². The Bertz CT molecular complexity index is 355. The minimum absolute atomic E-state index is 0.0315. The van der Waals surface area contributed by atoms with Gasteiger partial charge in [0, 0.05) is 23.2 Å². The fourth-order valence-electron chi connectivity index (χ4n) is 4.44. The molecule has 2 aliphatic rings. The molecule has 4 nitrogen and oxygen atoms in total. The molecule has 0 bridgehead atoms. The Balaban J connectivity index is 1.82.